The summed E-state index contributed by atoms with van der Waals surface area (Å²) in [6.07, 6.45) is 1.83. The average molecular weight is 281 g/mol. The minimum absolute atomic E-state index is 0.184. The minimum Gasteiger partial charge on any atom is -0.484 e. The van der Waals surface area contributed by atoms with Crippen LogP contribution < -0.4 is 4.74 Å². The zero-order valence-electron chi connectivity index (χ0n) is 10.8. The van der Waals surface area contributed by atoms with Crippen LogP contribution in [-0.4, -0.2) is 16.2 Å². The standard InChI is InChI=1S/C13H15NO4S/c1-3-4-10-6-11(12(19-10)13(15)16)17-7-9-5-8(2)14-18-9/h5-6H,3-4,7H2,1-2H3,(H,15,16). The molecule has 102 valence electrons. The molecule has 19 heavy (non-hydrogen) atoms. The van der Waals surface area contributed by atoms with Crippen molar-refractivity contribution in [1.82, 2.24) is 5.16 Å². The number of thiophene rings is 1. The van der Waals surface area contributed by atoms with Crippen LogP contribution in [0.15, 0.2) is 16.7 Å². The Labute approximate surface area is 114 Å². The van der Waals surface area contributed by atoms with Crippen molar-refractivity contribution in [2.75, 3.05) is 0 Å². The molecule has 6 heteroatoms. The number of carboxylic acids is 1. The molecule has 2 aromatic rings. The number of rotatable bonds is 6. The van der Waals surface area contributed by atoms with E-state index in [1.165, 1.54) is 11.3 Å². The molecule has 2 heterocycles. The van der Waals surface area contributed by atoms with Crippen molar-refractivity contribution in [2.24, 2.45) is 0 Å². The number of hydrogen-bond acceptors (Lipinski definition) is 5. The molecule has 0 unspecified atom stereocenters. The topological polar surface area (TPSA) is 72.6 Å². The Morgan fingerprint density at radius 2 is 2.32 bits per heavy atom. The van der Waals surface area contributed by atoms with Gasteiger partial charge in [-0.2, -0.15) is 0 Å². The summed E-state index contributed by atoms with van der Waals surface area (Å²) in [6.45, 7) is 4.06. The quantitative estimate of drug-likeness (QED) is 0.879. The summed E-state index contributed by atoms with van der Waals surface area (Å²) in [5.74, 6) is 0.0168. The number of nitrogens with zero attached hydrogens (tertiary/aromatic N) is 1. The maximum absolute atomic E-state index is 11.1. The van der Waals surface area contributed by atoms with Gasteiger partial charge >= 0.3 is 5.97 Å². The molecule has 0 amide bonds. The first-order valence-corrected chi connectivity index (χ1v) is 6.82. The van der Waals surface area contributed by atoms with Crippen molar-refractivity contribution in [3.8, 4) is 5.75 Å². The molecule has 0 aliphatic heterocycles. The molecular formula is C13H15NO4S. The van der Waals surface area contributed by atoms with Gasteiger partial charge in [0.25, 0.3) is 0 Å². The first kappa shape index (κ1) is 13.6. The highest BCUT2D eigenvalue weighted by atomic mass is 32.1. The molecule has 1 N–H and O–H groups in total. The lowest BCUT2D eigenvalue weighted by molar-refractivity contribution is 0.0697. The predicted octanol–water partition coefficient (Wildman–Crippen LogP) is 3.27. The van der Waals surface area contributed by atoms with Gasteiger partial charge in [-0.15, -0.1) is 11.3 Å². The van der Waals surface area contributed by atoms with Crippen LogP contribution >= 0.6 is 11.3 Å². The molecule has 0 atom stereocenters. The predicted molar refractivity (Wildman–Crippen MR) is 70.8 cm³/mol. The Hall–Kier alpha value is -1.82. The molecule has 0 aromatic carbocycles. The Kier molecular flexibility index (Phi) is 4.21. The summed E-state index contributed by atoms with van der Waals surface area (Å²) in [4.78, 5) is 12.4. The van der Waals surface area contributed by atoms with Gasteiger partial charge in [-0.05, 0) is 19.4 Å². The van der Waals surface area contributed by atoms with Crippen LogP contribution in [0.25, 0.3) is 0 Å². The number of aromatic nitrogens is 1. The van der Waals surface area contributed by atoms with Crippen molar-refractivity contribution in [2.45, 2.75) is 33.3 Å². The fraction of sp³-hybridized carbons (Fsp3) is 0.385. The molecule has 0 radical (unpaired) electrons. The molecule has 0 spiro atoms. The Balaban J connectivity index is 2.11. The van der Waals surface area contributed by atoms with Gasteiger partial charge in [-0.3, -0.25) is 0 Å². The third kappa shape index (κ3) is 3.35. The number of hydrogen-bond donors (Lipinski definition) is 1. The zero-order valence-corrected chi connectivity index (χ0v) is 11.6. The van der Waals surface area contributed by atoms with E-state index in [0.29, 0.717) is 11.5 Å². The molecule has 0 saturated heterocycles. The van der Waals surface area contributed by atoms with E-state index in [9.17, 15) is 4.79 Å². The van der Waals surface area contributed by atoms with Crippen LogP contribution in [0.1, 0.15) is 39.3 Å². The highest BCUT2D eigenvalue weighted by Crippen LogP contribution is 2.31. The summed E-state index contributed by atoms with van der Waals surface area (Å²) < 4.78 is 10.5. The average Bonchev–Trinajstić information content (AvgIpc) is 2.93. The van der Waals surface area contributed by atoms with Crippen LogP contribution in [0.2, 0.25) is 0 Å². The van der Waals surface area contributed by atoms with Crippen molar-refractivity contribution in [3.63, 3.8) is 0 Å². The van der Waals surface area contributed by atoms with Gasteiger partial charge in [0.2, 0.25) is 0 Å². The summed E-state index contributed by atoms with van der Waals surface area (Å²) in [5.41, 5.74) is 0.772. The van der Waals surface area contributed by atoms with Crippen molar-refractivity contribution < 1.29 is 19.2 Å². The van der Waals surface area contributed by atoms with E-state index in [1.54, 1.807) is 12.1 Å². The normalized spacial score (nSPS) is 10.6. The van der Waals surface area contributed by atoms with Gasteiger partial charge in [0, 0.05) is 10.9 Å². The van der Waals surface area contributed by atoms with E-state index in [0.717, 1.165) is 23.4 Å². The van der Waals surface area contributed by atoms with Gasteiger partial charge in [-0.1, -0.05) is 18.5 Å². The highest BCUT2D eigenvalue weighted by molar-refractivity contribution is 7.14. The fourth-order valence-electron chi connectivity index (χ4n) is 1.68. The lowest BCUT2D eigenvalue weighted by atomic mass is 10.3. The SMILES string of the molecule is CCCc1cc(OCc2cc(C)no2)c(C(=O)O)s1. The number of aromatic carboxylic acids is 1. The number of carboxylic acid groups (broad SMARTS) is 1. The molecule has 0 aliphatic carbocycles. The van der Waals surface area contributed by atoms with Gasteiger partial charge in [0.1, 0.15) is 12.4 Å². The number of aryl methyl sites for hydroxylation is 2. The first-order chi connectivity index (χ1) is 9.10. The van der Waals surface area contributed by atoms with Gasteiger partial charge in [0.15, 0.2) is 10.6 Å². The van der Waals surface area contributed by atoms with Crippen molar-refractivity contribution in [3.05, 3.63) is 33.3 Å². The minimum atomic E-state index is -0.962. The second-order valence-corrected chi connectivity index (χ2v) is 5.32. The molecule has 0 aliphatic rings. The third-order valence-electron chi connectivity index (χ3n) is 2.49. The van der Waals surface area contributed by atoms with E-state index < -0.39 is 5.97 Å². The molecule has 2 rings (SSSR count). The zero-order chi connectivity index (χ0) is 13.8. The molecule has 0 saturated carbocycles. The van der Waals surface area contributed by atoms with Crippen molar-refractivity contribution >= 4 is 17.3 Å². The fourth-order valence-corrected chi connectivity index (χ4v) is 2.72. The molecule has 5 nitrogen and oxygen atoms in total. The molecular weight excluding hydrogens is 266 g/mol. The van der Waals surface area contributed by atoms with Crippen LogP contribution in [0.4, 0.5) is 0 Å². The number of carbonyl (C=O) groups is 1. The maximum atomic E-state index is 11.1. The second-order valence-electron chi connectivity index (χ2n) is 4.18. The Morgan fingerprint density at radius 3 is 2.89 bits per heavy atom. The van der Waals surface area contributed by atoms with Gasteiger partial charge < -0.3 is 14.4 Å². The molecule has 0 bridgehead atoms. The van der Waals surface area contributed by atoms with E-state index in [1.807, 2.05) is 6.92 Å². The van der Waals surface area contributed by atoms with Gasteiger partial charge in [-0.25, -0.2) is 4.79 Å². The summed E-state index contributed by atoms with van der Waals surface area (Å²) in [7, 11) is 0. The summed E-state index contributed by atoms with van der Waals surface area (Å²) in [5, 5.41) is 12.9. The monoisotopic (exact) mass is 281 g/mol. The maximum Gasteiger partial charge on any atom is 0.349 e. The largest absolute Gasteiger partial charge is 0.484 e. The van der Waals surface area contributed by atoms with Crippen LogP contribution in [0.3, 0.4) is 0 Å². The first-order valence-electron chi connectivity index (χ1n) is 6.01. The van der Waals surface area contributed by atoms with Crippen LogP contribution in [0.5, 0.6) is 5.75 Å². The third-order valence-corrected chi connectivity index (χ3v) is 3.65. The smallest absolute Gasteiger partial charge is 0.349 e. The lowest BCUT2D eigenvalue weighted by Crippen LogP contribution is -1.99. The Morgan fingerprint density at radius 1 is 1.53 bits per heavy atom. The van der Waals surface area contributed by atoms with Gasteiger partial charge in [0.05, 0.1) is 5.69 Å². The van der Waals surface area contributed by atoms with Crippen molar-refractivity contribution in [1.29, 1.82) is 0 Å². The lowest BCUT2D eigenvalue weighted by Gasteiger charge is -2.01. The van der Waals surface area contributed by atoms with Crippen LogP contribution in [0, 0.1) is 6.92 Å². The summed E-state index contributed by atoms with van der Waals surface area (Å²) >= 11 is 1.26. The second kappa shape index (κ2) is 5.88. The van der Waals surface area contributed by atoms with E-state index in [4.69, 9.17) is 14.4 Å². The summed E-state index contributed by atoms with van der Waals surface area (Å²) in [6, 6.07) is 3.56. The van der Waals surface area contributed by atoms with Crippen LogP contribution in [-0.2, 0) is 13.0 Å². The van der Waals surface area contributed by atoms with E-state index in [-0.39, 0.29) is 11.5 Å². The number of ether oxygens (including phenoxy) is 1. The highest BCUT2D eigenvalue weighted by Gasteiger charge is 2.17. The molecule has 0 fully saturated rings. The Bertz CT molecular complexity index is 573. The van der Waals surface area contributed by atoms with E-state index in [2.05, 4.69) is 12.1 Å². The molecule has 2 aromatic heterocycles. The van der Waals surface area contributed by atoms with E-state index >= 15 is 0 Å².